The molecule has 4 rings (SSSR count). The van der Waals surface area contributed by atoms with E-state index >= 15 is 0 Å². The van der Waals surface area contributed by atoms with Crippen LogP contribution < -0.4 is 5.73 Å². The van der Waals surface area contributed by atoms with Crippen molar-refractivity contribution in [1.82, 2.24) is 9.21 Å². The van der Waals surface area contributed by atoms with Crippen molar-refractivity contribution in [1.29, 1.82) is 0 Å². The van der Waals surface area contributed by atoms with Crippen molar-refractivity contribution in [2.45, 2.75) is 21.6 Å². The molecule has 1 heterocycles. The number of halogens is 2. The van der Waals surface area contributed by atoms with Crippen LogP contribution in [-0.4, -0.2) is 41.3 Å². The Morgan fingerprint density at radius 2 is 1.59 bits per heavy atom. The third-order valence-electron chi connectivity index (χ3n) is 5.16. The molecule has 2 N–H and O–H groups in total. The molecule has 0 spiro atoms. The maximum absolute atomic E-state index is 12.9. The topological polar surface area (TPSA) is 49.6 Å². The molecule has 0 unspecified atom stereocenters. The lowest BCUT2D eigenvalue weighted by atomic mass is 10.1. The Balaban J connectivity index is 1.43. The Morgan fingerprint density at radius 3 is 2.28 bits per heavy atom. The zero-order chi connectivity index (χ0) is 22.7. The second kappa shape index (κ2) is 10.4. The van der Waals surface area contributed by atoms with E-state index in [-0.39, 0.29) is 5.91 Å². The van der Waals surface area contributed by atoms with Gasteiger partial charge in [-0.3, -0.25) is 4.79 Å². The first-order valence-corrected chi connectivity index (χ1v) is 12.5. The van der Waals surface area contributed by atoms with Crippen molar-refractivity contribution < 1.29 is 4.79 Å². The molecule has 3 aromatic carbocycles. The first-order chi connectivity index (χ1) is 15.4. The first kappa shape index (κ1) is 23.3. The molecule has 166 valence electrons. The van der Waals surface area contributed by atoms with Crippen molar-refractivity contribution in [3.63, 3.8) is 0 Å². The van der Waals surface area contributed by atoms with E-state index < -0.39 is 0 Å². The van der Waals surface area contributed by atoms with Gasteiger partial charge in [0.2, 0.25) is 0 Å². The fraction of sp³-hybridized carbons (Fsp3) is 0.208. The van der Waals surface area contributed by atoms with E-state index in [0.29, 0.717) is 28.8 Å². The van der Waals surface area contributed by atoms with Crippen LogP contribution in [-0.2, 0) is 0 Å². The van der Waals surface area contributed by atoms with Gasteiger partial charge in [0.25, 0.3) is 5.91 Å². The Hall–Kier alpha value is -1.83. The molecular weight excluding hydrogens is 481 g/mol. The van der Waals surface area contributed by atoms with Crippen LogP contribution in [0.1, 0.15) is 15.9 Å². The third kappa shape index (κ3) is 5.74. The largest absolute Gasteiger partial charge is 0.399 e. The molecule has 0 atom stereocenters. The minimum atomic E-state index is 0.103. The van der Waals surface area contributed by atoms with Crippen LogP contribution in [0.5, 0.6) is 0 Å². The number of hydrogen-bond acceptors (Lipinski definition) is 5. The van der Waals surface area contributed by atoms with Gasteiger partial charge in [-0.25, -0.2) is 4.31 Å². The summed E-state index contributed by atoms with van der Waals surface area (Å²) in [7, 11) is 0. The second-order valence-corrected chi connectivity index (χ2v) is 10.7. The van der Waals surface area contributed by atoms with E-state index in [2.05, 4.69) is 4.31 Å². The first-order valence-electron chi connectivity index (χ1n) is 10.2. The molecule has 0 radical (unpaired) electrons. The van der Waals surface area contributed by atoms with E-state index in [1.165, 1.54) is 0 Å². The SMILES string of the molecule is Cc1ccccc1C(=O)N1CCN(Sc2cc(N)ccc2Sc2cc(Cl)cc(Cl)c2)CC1. The molecule has 3 aromatic rings. The van der Waals surface area contributed by atoms with E-state index in [4.69, 9.17) is 28.9 Å². The van der Waals surface area contributed by atoms with Crippen LogP contribution in [0.4, 0.5) is 5.69 Å². The molecule has 0 bridgehead atoms. The molecule has 0 saturated carbocycles. The fourth-order valence-electron chi connectivity index (χ4n) is 3.50. The summed E-state index contributed by atoms with van der Waals surface area (Å²) in [5.41, 5.74) is 8.59. The average Bonchev–Trinajstić information content (AvgIpc) is 2.75. The number of benzene rings is 3. The van der Waals surface area contributed by atoms with Crippen LogP contribution in [0.3, 0.4) is 0 Å². The van der Waals surface area contributed by atoms with Gasteiger partial charge in [0.15, 0.2) is 0 Å². The zero-order valence-electron chi connectivity index (χ0n) is 17.6. The molecule has 1 fully saturated rings. The zero-order valence-corrected chi connectivity index (χ0v) is 20.7. The van der Waals surface area contributed by atoms with Gasteiger partial charge in [0.05, 0.1) is 0 Å². The summed E-state index contributed by atoms with van der Waals surface area (Å²) in [4.78, 5) is 18.0. The van der Waals surface area contributed by atoms with Gasteiger partial charge in [-0.2, -0.15) is 0 Å². The Labute approximate surface area is 207 Å². The monoisotopic (exact) mass is 503 g/mol. The average molecular weight is 505 g/mol. The Bertz CT molecular complexity index is 1110. The van der Waals surface area contributed by atoms with Crippen molar-refractivity contribution in [2.75, 3.05) is 31.9 Å². The number of rotatable bonds is 5. The Kier molecular flexibility index (Phi) is 7.59. The number of nitrogens with two attached hydrogens (primary N) is 1. The van der Waals surface area contributed by atoms with E-state index in [9.17, 15) is 4.79 Å². The van der Waals surface area contributed by atoms with Gasteiger partial charge in [-0.15, -0.1) is 0 Å². The van der Waals surface area contributed by atoms with Gasteiger partial charge < -0.3 is 10.6 Å². The summed E-state index contributed by atoms with van der Waals surface area (Å²) in [5, 5.41) is 1.22. The summed E-state index contributed by atoms with van der Waals surface area (Å²) in [6.07, 6.45) is 0. The smallest absolute Gasteiger partial charge is 0.254 e. The Morgan fingerprint density at radius 1 is 0.906 bits per heavy atom. The number of aryl methyl sites for hydroxylation is 1. The number of anilines is 1. The predicted molar refractivity (Wildman–Crippen MR) is 136 cm³/mol. The minimum absolute atomic E-state index is 0.103. The van der Waals surface area contributed by atoms with Crippen LogP contribution >= 0.6 is 46.9 Å². The number of carbonyl (C=O) groups excluding carboxylic acids is 1. The van der Waals surface area contributed by atoms with E-state index in [1.54, 1.807) is 29.8 Å². The van der Waals surface area contributed by atoms with Gasteiger partial charge >= 0.3 is 0 Å². The molecule has 8 heteroatoms. The number of piperazine rings is 1. The molecule has 1 saturated heterocycles. The third-order valence-corrected chi connectivity index (χ3v) is 7.93. The lowest BCUT2D eigenvalue weighted by Crippen LogP contribution is -2.46. The number of carbonyl (C=O) groups is 1. The molecule has 1 amide bonds. The molecule has 0 aliphatic carbocycles. The molecule has 1 aliphatic heterocycles. The maximum Gasteiger partial charge on any atom is 0.254 e. The highest BCUT2D eigenvalue weighted by molar-refractivity contribution is 8.01. The standard InChI is InChI=1S/C24H23Cl2N3OS2/c1-16-4-2-3-5-21(16)24(30)28-8-10-29(11-9-28)32-23-15-19(27)6-7-22(23)31-20-13-17(25)12-18(26)14-20/h2-7,12-15H,8-11,27H2,1H3. The number of hydrogen-bond donors (Lipinski definition) is 1. The fourth-order valence-corrected chi connectivity index (χ4v) is 6.28. The van der Waals surface area contributed by atoms with E-state index in [1.807, 2.05) is 66.4 Å². The van der Waals surface area contributed by atoms with Crippen molar-refractivity contribution in [3.05, 3.63) is 81.8 Å². The highest BCUT2D eigenvalue weighted by Crippen LogP contribution is 2.39. The van der Waals surface area contributed by atoms with Crippen LogP contribution in [0, 0.1) is 6.92 Å². The number of nitrogens with zero attached hydrogens (tertiary/aromatic N) is 2. The van der Waals surface area contributed by atoms with Gasteiger partial charge in [-0.05, 0) is 66.9 Å². The molecule has 0 aromatic heterocycles. The summed E-state index contributed by atoms with van der Waals surface area (Å²) in [6, 6.07) is 19.2. The molecule has 4 nitrogen and oxygen atoms in total. The molecule has 1 aliphatic rings. The van der Waals surface area contributed by atoms with Gasteiger partial charge in [-0.1, -0.05) is 53.2 Å². The maximum atomic E-state index is 12.9. The number of amides is 1. The molecular formula is C24H23Cl2N3OS2. The van der Waals surface area contributed by atoms with Crippen LogP contribution in [0.2, 0.25) is 10.0 Å². The van der Waals surface area contributed by atoms with Gasteiger partial charge in [0.1, 0.15) is 0 Å². The lowest BCUT2D eigenvalue weighted by Gasteiger charge is -2.34. The predicted octanol–water partition coefficient (Wildman–Crippen LogP) is 6.50. The molecule has 32 heavy (non-hydrogen) atoms. The highest BCUT2D eigenvalue weighted by Gasteiger charge is 2.24. The van der Waals surface area contributed by atoms with Crippen molar-refractivity contribution in [3.8, 4) is 0 Å². The summed E-state index contributed by atoms with van der Waals surface area (Å²) in [6.45, 7) is 4.92. The summed E-state index contributed by atoms with van der Waals surface area (Å²) >= 11 is 15.6. The number of nitrogen functional groups attached to an aromatic ring is 1. The van der Waals surface area contributed by atoms with Gasteiger partial charge in [0, 0.05) is 62.2 Å². The van der Waals surface area contributed by atoms with Crippen LogP contribution in [0.25, 0.3) is 0 Å². The quantitative estimate of drug-likeness (QED) is 0.318. The van der Waals surface area contributed by atoms with Crippen molar-refractivity contribution in [2.24, 2.45) is 0 Å². The van der Waals surface area contributed by atoms with E-state index in [0.717, 1.165) is 38.9 Å². The van der Waals surface area contributed by atoms with Crippen molar-refractivity contribution >= 4 is 58.5 Å². The summed E-state index contributed by atoms with van der Waals surface area (Å²) < 4.78 is 2.28. The second-order valence-electron chi connectivity index (χ2n) is 7.54. The lowest BCUT2D eigenvalue weighted by molar-refractivity contribution is 0.0703. The highest BCUT2D eigenvalue weighted by atomic mass is 35.5. The van der Waals surface area contributed by atoms with Crippen LogP contribution in [0.15, 0.2) is 75.4 Å². The normalized spacial score (nSPS) is 14.5. The summed E-state index contributed by atoms with van der Waals surface area (Å²) in [5.74, 6) is 0.103. The minimum Gasteiger partial charge on any atom is -0.399 e.